The number of carbonyl (C=O) groups excluding carboxylic acids is 2. The van der Waals surface area contributed by atoms with Gasteiger partial charge in [-0.1, -0.05) is 145 Å². The number of aliphatic hydroxyl groups excluding tert-OH is 2. The molecule has 0 aromatic rings. The Morgan fingerprint density at radius 2 is 0.982 bits per heavy atom. The van der Waals surface area contributed by atoms with Crippen LogP contribution in [0.1, 0.15) is 174 Å². The smallest absolute Gasteiger partial charge is 0.462 e. The molecule has 0 saturated carbocycles. The first kappa shape index (κ1) is 53.7. The molecule has 11 heteroatoms. The normalized spacial score (nSPS) is 14.4. The largest absolute Gasteiger partial charge is 0.472 e. The van der Waals surface area contributed by atoms with Crippen LogP contribution in [0.3, 0.4) is 0 Å². The van der Waals surface area contributed by atoms with Crippen molar-refractivity contribution in [3.05, 3.63) is 60.8 Å². The molecule has 0 saturated heterocycles. The summed E-state index contributed by atoms with van der Waals surface area (Å²) in [6, 6.07) is 0. The lowest BCUT2D eigenvalue weighted by atomic mass is 10.1. The van der Waals surface area contributed by atoms with E-state index in [9.17, 15) is 24.2 Å². The maximum atomic E-state index is 12.6. The van der Waals surface area contributed by atoms with Crippen molar-refractivity contribution in [2.45, 2.75) is 187 Å². The van der Waals surface area contributed by atoms with Gasteiger partial charge in [-0.2, -0.15) is 0 Å². The van der Waals surface area contributed by atoms with Crippen molar-refractivity contribution in [3.63, 3.8) is 0 Å². The number of hydrogen-bond donors (Lipinski definition) is 3. The molecule has 0 aromatic heterocycles. The van der Waals surface area contributed by atoms with Crippen LogP contribution in [0.2, 0.25) is 0 Å². The molecule has 0 bridgehead atoms. The number of unbranched alkanes of at least 4 members (excludes halogenated alkanes) is 16. The Morgan fingerprint density at radius 1 is 0.554 bits per heavy atom. The number of ether oxygens (including phenoxy) is 2. The van der Waals surface area contributed by atoms with E-state index in [1.807, 2.05) is 0 Å². The molecule has 3 unspecified atom stereocenters. The highest BCUT2D eigenvalue weighted by atomic mass is 31.2. The van der Waals surface area contributed by atoms with Crippen molar-refractivity contribution in [1.29, 1.82) is 0 Å². The summed E-state index contributed by atoms with van der Waals surface area (Å²) in [4.78, 5) is 35.0. The molecule has 0 rings (SSSR count). The number of phosphoric ester groups is 1. The average molecular weight is 811 g/mol. The molecule has 0 heterocycles. The van der Waals surface area contributed by atoms with E-state index in [4.69, 9.17) is 19.1 Å². The molecular weight excluding hydrogens is 731 g/mol. The van der Waals surface area contributed by atoms with Crippen molar-refractivity contribution in [2.75, 3.05) is 26.4 Å². The summed E-state index contributed by atoms with van der Waals surface area (Å²) in [7, 11) is -4.63. The van der Waals surface area contributed by atoms with Gasteiger partial charge in [0.25, 0.3) is 0 Å². The standard InChI is InChI=1S/C45H79O10P/c1-3-5-7-9-11-13-15-17-19-20-21-23-24-26-28-30-32-34-36-44(48)52-40-43(41-54-56(50,51)53-39-42(47)38-46)55-45(49)37-35-33-31-29-27-25-22-18-16-14-12-10-8-6-4-2/h6,8,12,14,18-20,22,27,29,42-43,46-47H,3-5,7,9-11,13,15-17,21,23-26,28,30-41H2,1-2H3,(H,50,51)/b8-6-,14-12-,20-19-,22-18-,29-27-. The Labute approximate surface area is 340 Å². The Kier molecular flexibility index (Phi) is 39.2. The van der Waals surface area contributed by atoms with Crippen LogP contribution >= 0.6 is 7.82 Å². The first-order valence-corrected chi connectivity index (χ1v) is 23.2. The SMILES string of the molecule is CC/C=C\C/C=C\C/C=C\C/C=C\CCCCC(=O)OC(COC(=O)CCCCCCCCC/C=C\CCCCCCCCC)COP(=O)(O)OCC(O)CO. The van der Waals surface area contributed by atoms with Gasteiger partial charge in [-0.25, -0.2) is 4.57 Å². The molecular formula is C45H79O10P. The minimum atomic E-state index is -4.63. The van der Waals surface area contributed by atoms with E-state index in [2.05, 4.69) is 79.1 Å². The van der Waals surface area contributed by atoms with Crippen LogP contribution < -0.4 is 0 Å². The van der Waals surface area contributed by atoms with Gasteiger partial charge in [0.1, 0.15) is 12.7 Å². The minimum absolute atomic E-state index is 0.129. The lowest BCUT2D eigenvalue weighted by Gasteiger charge is -2.20. The van der Waals surface area contributed by atoms with E-state index in [-0.39, 0.29) is 19.4 Å². The molecule has 0 amide bonds. The Hall–Kier alpha value is -2.33. The highest BCUT2D eigenvalue weighted by Crippen LogP contribution is 2.43. The van der Waals surface area contributed by atoms with Gasteiger partial charge in [0.05, 0.1) is 19.8 Å². The molecule has 3 N–H and O–H groups in total. The highest BCUT2D eigenvalue weighted by Gasteiger charge is 2.27. The van der Waals surface area contributed by atoms with E-state index in [1.54, 1.807) is 0 Å². The number of esters is 2. The Morgan fingerprint density at radius 3 is 1.54 bits per heavy atom. The van der Waals surface area contributed by atoms with Crippen molar-refractivity contribution in [2.24, 2.45) is 0 Å². The number of hydrogen-bond acceptors (Lipinski definition) is 9. The lowest BCUT2D eigenvalue weighted by molar-refractivity contribution is -0.161. The predicted octanol–water partition coefficient (Wildman–Crippen LogP) is 11.5. The molecule has 0 spiro atoms. The zero-order chi connectivity index (χ0) is 41.2. The zero-order valence-corrected chi connectivity index (χ0v) is 36.0. The Balaban J connectivity index is 4.35. The first-order chi connectivity index (χ1) is 27.2. The monoisotopic (exact) mass is 811 g/mol. The molecule has 0 aliphatic heterocycles. The molecule has 0 aliphatic rings. The third-order valence-corrected chi connectivity index (χ3v) is 9.86. The van der Waals surface area contributed by atoms with Crippen LogP contribution in [0.25, 0.3) is 0 Å². The van der Waals surface area contributed by atoms with Crippen LogP contribution in [0, 0.1) is 0 Å². The average Bonchev–Trinajstić information content (AvgIpc) is 3.19. The molecule has 324 valence electrons. The highest BCUT2D eigenvalue weighted by molar-refractivity contribution is 7.47. The maximum absolute atomic E-state index is 12.6. The van der Waals surface area contributed by atoms with Gasteiger partial charge in [0.15, 0.2) is 6.10 Å². The first-order valence-electron chi connectivity index (χ1n) is 21.7. The minimum Gasteiger partial charge on any atom is -0.462 e. The van der Waals surface area contributed by atoms with Gasteiger partial charge < -0.3 is 24.6 Å². The fraction of sp³-hybridized carbons (Fsp3) is 0.733. The summed E-state index contributed by atoms with van der Waals surface area (Å²) in [6.45, 7) is 2.20. The molecule has 0 aliphatic carbocycles. The van der Waals surface area contributed by atoms with Crippen molar-refractivity contribution in [1.82, 2.24) is 0 Å². The van der Waals surface area contributed by atoms with Crippen LogP contribution in [-0.2, 0) is 32.7 Å². The summed E-state index contributed by atoms with van der Waals surface area (Å²) in [6.07, 6.45) is 44.8. The van der Waals surface area contributed by atoms with E-state index in [0.717, 1.165) is 64.2 Å². The molecule has 56 heavy (non-hydrogen) atoms. The number of carbonyl (C=O) groups is 2. The van der Waals surface area contributed by atoms with E-state index in [0.29, 0.717) is 12.8 Å². The third kappa shape index (κ3) is 39.9. The van der Waals surface area contributed by atoms with Crippen LogP contribution in [0.4, 0.5) is 0 Å². The molecule has 0 radical (unpaired) electrons. The molecule has 3 atom stereocenters. The topological polar surface area (TPSA) is 149 Å². The van der Waals surface area contributed by atoms with Gasteiger partial charge in [0.2, 0.25) is 0 Å². The van der Waals surface area contributed by atoms with Gasteiger partial charge in [-0.3, -0.25) is 18.6 Å². The summed E-state index contributed by atoms with van der Waals surface area (Å²) in [5.74, 6) is -0.981. The predicted molar refractivity (Wildman–Crippen MR) is 228 cm³/mol. The van der Waals surface area contributed by atoms with Crippen LogP contribution in [0.15, 0.2) is 60.8 Å². The van der Waals surface area contributed by atoms with Crippen molar-refractivity contribution < 1.29 is 47.8 Å². The fourth-order valence-corrected chi connectivity index (χ4v) is 6.36. The van der Waals surface area contributed by atoms with Gasteiger partial charge in [0, 0.05) is 12.8 Å². The third-order valence-electron chi connectivity index (χ3n) is 8.91. The number of rotatable bonds is 40. The van der Waals surface area contributed by atoms with Gasteiger partial charge in [-0.05, 0) is 77.0 Å². The van der Waals surface area contributed by atoms with E-state index < -0.39 is 51.8 Å². The maximum Gasteiger partial charge on any atom is 0.472 e. The van der Waals surface area contributed by atoms with Crippen LogP contribution in [-0.4, -0.2) is 65.7 Å². The quantitative estimate of drug-likeness (QED) is 0.0236. The second kappa shape index (κ2) is 40.9. The number of phosphoric acid groups is 1. The van der Waals surface area contributed by atoms with Gasteiger partial charge in [-0.15, -0.1) is 0 Å². The summed E-state index contributed by atoms with van der Waals surface area (Å²) < 4.78 is 32.7. The van der Waals surface area contributed by atoms with Crippen molar-refractivity contribution in [3.8, 4) is 0 Å². The van der Waals surface area contributed by atoms with Crippen LogP contribution in [0.5, 0.6) is 0 Å². The number of aliphatic hydroxyl groups is 2. The summed E-state index contributed by atoms with van der Waals surface area (Å²) in [5, 5.41) is 18.3. The molecule has 10 nitrogen and oxygen atoms in total. The van der Waals surface area contributed by atoms with Gasteiger partial charge >= 0.3 is 19.8 Å². The zero-order valence-electron chi connectivity index (χ0n) is 35.1. The second-order valence-electron chi connectivity index (χ2n) is 14.3. The van der Waals surface area contributed by atoms with E-state index >= 15 is 0 Å². The summed E-state index contributed by atoms with van der Waals surface area (Å²) >= 11 is 0. The lowest BCUT2D eigenvalue weighted by Crippen LogP contribution is -2.29. The number of allylic oxidation sites excluding steroid dienone is 10. The fourth-order valence-electron chi connectivity index (χ4n) is 5.57. The molecule has 0 aromatic carbocycles. The van der Waals surface area contributed by atoms with Crippen molar-refractivity contribution >= 4 is 19.8 Å². The summed E-state index contributed by atoms with van der Waals surface area (Å²) in [5.41, 5.74) is 0. The second-order valence-corrected chi connectivity index (χ2v) is 15.8. The molecule has 0 fully saturated rings. The Bertz CT molecular complexity index is 1120. The van der Waals surface area contributed by atoms with E-state index in [1.165, 1.54) is 70.6 Å².